The van der Waals surface area contributed by atoms with Crippen molar-refractivity contribution in [1.82, 2.24) is 30.3 Å². The summed E-state index contributed by atoms with van der Waals surface area (Å²) in [7, 11) is 0. The van der Waals surface area contributed by atoms with Crippen LogP contribution in [0.4, 0.5) is 0 Å². The molecule has 0 aromatic carbocycles. The van der Waals surface area contributed by atoms with Crippen LogP contribution in [0.2, 0.25) is 0 Å². The van der Waals surface area contributed by atoms with E-state index < -0.39 is 0 Å². The molecule has 26 heavy (non-hydrogen) atoms. The Morgan fingerprint density at radius 2 is 1.96 bits per heavy atom. The molecule has 1 fully saturated rings. The van der Waals surface area contributed by atoms with Crippen molar-refractivity contribution in [3.63, 3.8) is 0 Å². The van der Waals surface area contributed by atoms with Gasteiger partial charge in [0.05, 0.1) is 19.8 Å². The summed E-state index contributed by atoms with van der Waals surface area (Å²) in [5.41, 5.74) is 1.04. The highest BCUT2D eigenvalue weighted by molar-refractivity contribution is 14.0. The van der Waals surface area contributed by atoms with Crippen molar-refractivity contribution < 1.29 is 4.74 Å². The monoisotopic (exact) mass is 477 g/mol. The van der Waals surface area contributed by atoms with Gasteiger partial charge in [-0.05, 0) is 6.92 Å². The SMILES string of the molecule is C=C(C)CN=C(NCCN1CCOCC1)NCCn1cnnc1CC.I. The van der Waals surface area contributed by atoms with Crippen LogP contribution in [0.25, 0.3) is 0 Å². The first kappa shape index (κ1) is 22.8. The molecule has 0 saturated carbocycles. The molecule has 9 heteroatoms. The third kappa shape index (κ3) is 8.45. The Morgan fingerprint density at radius 3 is 2.62 bits per heavy atom. The second-order valence-corrected chi connectivity index (χ2v) is 6.22. The Hall–Kier alpha value is -1.20. The highest BCUT2D eigenvalue weighted by atomic mass is 127. The molecule has 0 spiro atoms. The fourth-order valence-corrected chi connectivity index (χ4v) is 2.58. The van der Waals surface area contributed by atoms with Crippen molar-refractivity contribution in [2.24, 2.45) is 4.99 Å². The zero-order valence-electron chi connectivity index (χ0n) is 15.9. The van der Waals surface area contributed by atoms with E-state index in [-0.39, 0.29) is 24.0 Å². The van der Waals surface area contributed by atoms with Crippen molar-refractivity contribution in [3.05, 3.63) is 24.3 Å². The number of hydrogen-bond donors (Lipinski definition) is 2. The molecule has 148 valence electrons. The number of rotatable bonds is 9. The zero-order chi connectivity index (χ0) is 17.9. The Kier molecular flexibility index (Phi) is 11.5. The molecule has 1 aromatic heterocycles. The Morgan fingerprint density at radius 1 is 1.27 bits per heavy atom. The lowest BCUT2D eigenvalue weighted by Crippen LogP contribution is -2.45. The predicted molar refractivity (Wildman–Crippen MR) is 115 cm³/mol. The maximum absolute atomic E-state index is 5.38. The molecule has 2 heterocycles. The van der Waals surface area contributed by atoms with E-state index in [9.17, 15) is 0 Å². The molecular formula is C17H32IN7O. The number of aliphatic imine (C=N–C) groups is 1. The van der Waals surface area contributed by atoms with E-state index in [1.54, 1.807) is 6.33 Å². The first-order valence-electron chi connectivity index (χ1n) is 9.02. The molecule has 2 rings (SSSR count). The lowest BCUT2D eigenvalue weighted by molar-refractivity contribution is 0.0389. The molecule has 2 N–H and O–H groups in total. The lowest BCUT2D eigenvalue weighted by atomic mass is 10.4. The molecule has 0 amide bonds. The van der Waals surface area contributed by atoms with Gasteiger partial charge in [-0.3, -0.25) is 4.90 Å². The summed E-state index contributed by atoms with van der Waals surface area (Å²) in [5.74, 6) is 1.82. The number of ether oxygens (including phenoxy) is 1. The molecular weight excluding hydrogens is 445 g/mol. The highest BCUT2D eigenvalue weighted by Gasteiger charge is 2.09. The van der Waals surface area contributed by atoms with Crippen LogP contribution < -0.4 is 10.6 Å². The fraction of sp³-hybridized carbons (Fsp3) is 0.706. The molecule has 0 bridgehead atoms. The molecule has 1 saturated heterocycles. The quantitative estimate of drug-likeness (QED) is 0.238. The van der Waals surface area contributed by atoms with E-state index in [0.717, 1.165) is 76.3 Å². The zero-order valence-corrected chi connectivity index (χ0v) is 18.2. The van der Waals surface area contributed by atoms with E-state index in [4.69, 9.17) is 4.74 Å². The maximum atomic E-state index is 5.38. The molecule has 1 aromatic rings. The Balaban J connectivity index is 0.00000338. The van der Waals surface area contributed by atoms with E-state index in [1.807, 2.05) is 6.92 Å². The van der Waals surface area contributed by atoms with E-state index in [0.29, 0.717) is 6.54 Å². The minimum absolute atomic E-state index is 0. The van der Waals surface area contributed by atoms with Crippen LogP contribution in [0.15, 0.2) is 23.5 Å². The second-order valence-electron chi connectivity index (χ2n) is 6.22. The molecule has 1 aliphatic rings. The summed E-state index contributed by atoms with van der Waals surface area (Å²) in [6.45, 7) is 15.7. The van der Waals surface area contributed by atoms with Gasteiger partial charge in [-0.1, -0.05) is 19.1 Å². The van der Waals surface area contributed by atoms with Crippen LogP contribution in [-0.4, -0.2) is 78.1 Å². The molecule has 0 radical (unpaired) electrons. The molecule has 0 atom stereocenters. The number of nitrogens with one attached hydrogen (secondary N) is 2. The van der Waals surface area contributed by atoms with Gasteiger partial charge in [0.1, 0.15) is 12.2 Å². The van der Waals surface area contributed by atoms with Crippen LogP contribution >= 0.6 is 24.0 Å². The minimum atomic E-state index is 0. The molecule has 0 aliphatic carbocycles. The van der Waals surface area contributed by atoms with Crippen LogP contribution in [0.5, 0.6) is 0 Å². The van der Waals surface area contributed by atoms with Crippen molar-refractivity contribution in [3.8, 4) is 0 Å². The van der Waals surface area contributed by atoms with Crippen molar-refractivity contribution >= 4 is 29.9 Å². The van der Waals surface area contributed by atoms with Gasteiger partial charge in [0.15, 0.2) is 5.96 Å². The van der Waals surface area contributed by atoms with Crippen LogP contribution in [0.3, 0.4) is 0 Å². The number of guanidine groups is 1. The van der Waals surface area contributed by atoms with Gasteiger partial charge >= 0.3 is 0 Å². The van der Waals surface area contributed by atoms with Gasteiger partial charge in [-0.15, -0.1) is 34.2 Å². The minimum Gasteiger partial charge on any atom is -0.379 e. The summed E-state index contributed by atoms with van der Waals surface area (Å²) >= 11 is 0. The summed E-state index contributed by atoms with van der Waals surface area (Å²) in [6, 6.07) is 0. The average molecular weight is 477 g/mol. The van der Waals surface area contributed by atoms with E-state index in [1.165, 1.54) is 0 Å². The number of aromatic nitrogens is 3. The third-order valence-corrected chi connectivity index (χ3v) is 3.99. The largest absolute Gasteiger partial charge is 0.379 e. The predicted octanol–water partition coefficient (Wildman–Crippen LogP) is 0.902. The first-order chi connectivity index (χ1) is 12.2. The third-order valence-electron chi connectivity index (χ3n) is 3.99. The van der Waals surface area contributed by atoms with Gasteiger partial charge in [-0.25, -0.2) is 4.99 Å². The second kappa shape index (κ2) is 13.0. The highest BCUT2D eigenvalue weighted by Crippen LogP contribution is 1.96. The van der Waals surface area contributed by atoms with Crippen LogP contribution in [-0.2, 0) is 17.7 Å². The van der Waals surface area contributed by atoms with Gasteiger partial charge in [-0.2, -0.15) is 0 Å². The number of halogens is 1. The summed E-state index contributed by atoms with van der Waals surface area (Å²) in [6.07, 6.45) is 2.66. The van der Waals surface area contributed by atoms with Gasteiger partial charge < -0.3 is 19.9 Å². The topological polar surface area (TPSA) is 79.6 Å². The smallest absolute Gasteiger partial charge is 0.191 e. The molecule has 1 aliphatic heterocycles. The van der Waals surface area contributed by atoms with Crippen molar-refractivity contribution in [2.75, 3.05) is 52.5 Å². The first-order valence-corrected chi connectivity index (χ1v) is 9.02. The van der Waals surface area contributed by atoms with Gasteiger partial charge in [0, 0.05) is 45.7 Å². The normalized spacial score (nSPS) is 15.4. The number of hydrogen-bond acceptors (Lipinski definition) is 5. The maximum Gasteiger partial charge on any atom is 0.191 e. The summed E-state index contributed by atoms with van der Waals surface area (Å²) < 4.78 is 7.45. The van der Waals surface area contributed by atoms with Crippen molar-refractivity contribution in [1.29, 1.82) is 0 Å². The standard InChI is InChI=1S/C17H31N7O.HI/c1-4-16-22-21-14-24(16)8-6-19-17(20-13-15(2)3)18-5-7-23-9-11-25-12-10-23;/h14H,2,4-13H2,1,3H3,(H2,18,19,20);1H. The average Bonchev–Trinajstić information content (AvgIpc) is 3.07. The summed E-state index contributed by atoms with van der Waals surface area (Å²) in [4.78, 5) is 6.98. The van der Waals surface area contributed by atoms with Crippen LogP contribution in [0, 0.1) is 0 Å². The Labute approximate surface area is 173 Å². The lowest BCUT2D eigenvalue weighted by Gasteiger charge is -2.26. The fourth-order valence-electron chi connectivity index (χ4n) is 2.58. The van der Waals surface area contributed by atoms with Gasteiger partial charge in [0.2, 0.25) is 0 Å². The molecule has 8 nitrogen and oxygen atoms in total. The van der Waals surface area contributed by atoms with Gasteiger partial charge in [0.25, 0.3) is 0 Å². The Bertz CT molecular complexity index is 555. The van der Waals surface area contributed by atoms with E-state index >= 15 is 0 Å². The number of morpholine rings is 1. The van der Waals surface area contributed by atoms with Crippen molar-refractivity contribution in [2.45, 2.75) is 26.8 Å². The van der Waals surface area contributed by atoms with E-state index in [2.05, 4.69) is 48.8 Å². The number of nitrogens with zero attached hydrogens (tertiary/aromatic N) is 5. The summed E-state index contributed by atoms with van der Waals surface area (Å²) in [5, 5.41) is 14.9. The number of aryl methyl sites for hydroxylation is 1. The molecule has 0 unspecified atom stereocenters. The van der Waals surface area contributed by atoms with Crippen LogP contribution in [0.1, 0.15) is 19.7 Å².